The second-order valence-corrected chi connectivity index (χ2v) is 7.68. The summed E-state index contributed by atoms with van der Waals surface area (Å²) in [4.78, 5) is 23.4. The third kappa shape index (κ3) is 6.07. The zero-order valence-electron chi connectivity index (χ0n) is 18.0. The van der Waals surface area contributed by atoms with Crippen LogP contribution in [0.5, 0.6) is 23.0 Å². The number of carbonyl (C=O) groups excluding carboxylic acids is 2. The second kappa shape index (κ2) is 11.3. The number of methoxy groups -OCH3 is 1. The van der Waals surface area contributed by atoms with Crippen LogP contribution in [0.3, 0.4) is 0 Å². The normalized spacial score (nSPS) is 14.2. The smallest absolute Gasteiger partial charge is 0.290 e. The average Bonchev–Trinajstić information content (AvgIpc) is 3.10. The fourth-order valence-corrected chi connectivity index (χ4v) is 3.68. The quantitative estimate of drug-likeness (QED) is 0.301. The fraction of sp³-hybridized carbons (Fsp3) is 0.250. The standard InChI is InChI=1S/C24H25NO6S/c1-4-6-16-7-9-18(20(13-16)28-3)30-11-12-31-19-10-8-17(14-21(19)29-5-2)15-22-23(26)25-24(27)32-22/h4,7-10,13-15H,1,5-6,11-12H2,2-3H3,(H,25,26,27). The van der Waals surface area contributed by atoms with Crippen LogP contribution in [0.15, 0.2) is 54.0 Å². The van der Waals surface area contributed by atoms with Gasteiger partial charge in [-0.2, -0.15) is 0 Å². The lowest BCUT2D eigenvalue weighted by Crippen LogP contribution is -2.17. The average molecular weight is 456 g/mol. The van der Waals surface area contributed by atoms with Gasteiger partial charge in [-0.15, -0.1) is 6.58 Å². The summed E-state index contributed by atoms with van der Waals surface area (Å²) >= 11 is 0.871. The molecule has 1 heterocycles. The van der Waals surface area contributed by atoms with E-state index in [0.717, 1.165) is 29.3 Å². The van der Waals surface area contributed by atoms with Crippen LogP contribution >= 0.6 is 11.8 Å². The number of thioether (sulfide) groups is 1. The summed E-state index contributed by atoms with van der Waals surface area (Å²) in [6.07, 6.45) is 4.23. The van der Waals surface area contributed by atoms with Gasteiger partial charge in [0.2, 0.25) is 0 Å². The molecule has 0 bridgehead atoms. The largest absolute Gasteiger partial charge is 0.493 e. The molecule has 32 heavy (non-hydrogen) atoms. The molecule has 2 aromatic carbocycles. The maximum atomic E-state index is 11.8. The minimum absolute atomic E-state index is 0.296. The van der Waals surface area contributed by atoms with Crippen LogP contribution in [0, 0.1) is 0 Å². The Kier molecular flexibility index (Phi) is 8.21. The number of ether oxygens (including phenoxy) is 4. The molecule has 2 aromatic rings. The van der Waals surface area contributed by atoms with Gasteiger partial charge >= 0.3 is 0 Å². The third-order valence-corrected chi connectivity index (χ3v) is 5.22. The lowest BCUT2D eigenvalue weighted by molar-refractivity contribution is -0.115. The number of carbonyl (C=O) groups is 2. The van der Waals surface area contributed by atoms with Crippen molar-refractivity contribution in [1.82, 2.24) is 5.32 Å². The molecule has 1 aliphatic rings. The van der Waals surface area contributed by atoms with Gasteiger partial charge in [0, 0.05) is 0 Å². The van der Waals surface area contributed by atoms with Crippen LogP contribution in [0.1, 0.15) is 18.1 Å². The zero-order valence-corrected chi connectivity index (χ0v) is 18.8. The minimum atomic E-state index is -0.400. The van der Waals surface area contributed by atoms with Crippen LogP contribution in [0.2, 0.25) is 0 Å². The van der Waals surface area contributed by atoms with Gasteiger partial charge in [-0.05, 0) is 66.6 Å². The van der Waals surface area contributed by atoms with E-state index in [1.54, 1.807) is 31.4 Å². The van der Waals surface area contributed by atoms with Crippen molar-refractivity contribution in [3.63, 3.8) is 0 Å². The first-order valence-corrected chi connectivity index (χ1v) is 10.9. The Morgan fingerprint density at radius 1 is 0.969 bits per heavy atom. The zero-order chi connectivity index (χ0) is 22.9. The monoisotopic (exact) mass is 455 g/mol. The molecule has 0 spiro atoms. The molecule has 0 atom stereocenters. The van der Waals surface area contributed by atoms with Crippen molar-refractivity contribution in [2.45, 2.75) is 13.3 Å². The molecule has 0 aromatic heterocycles. The van der Waals surface area contributed by atoms with E-state index in [4.69, 9.17) is 18.9 Å². The minimum Gasteiger partial charge on any atom is -0.493 e. The Balaban J connectivity index is 1.62. The van der Waals surface area contributed by atoms with Gasteiger partial charge < -0.3 is 18.9 Å². The molecule has 1 aliphatic heterocycles. The van der Waals surface area contributed by atoms with Crippen LogP contribution in [0.4, 0.5) is 4.79 Å². The maximum absolute atomic E-state index is 11.8. The number of hydrogen-bond acceptors (Lipinski definition) is 7. The number of benzene rings is 2. The van der Waals surface area contributed by atoms with Gasteiger partial charge in [-0.1, -0.05) is 18.2 Å². The lowest BCUT2D eigenvalue weighted by atomic mass is 10.1. The SMILES string of the molecule is C=CCc1ccc(OCCOc2ccc(C=C3SC(=O)NC3=O)cc2OCC)c(OC)c1. The van der Waals surface area contributed by atoms with Crippen molar-refractivity contribution in [2.24, 2.45) is 0 Å². The van der Waals surface area contributed by atoms with Crippen molar-refractivity contribution in [2.75, 3.05) is 26.9 Å². The van der Waals surface area contributed by atoms with Crippen molar-refractivity contribution >= 4 is 29.0 Å². The van der Waals surface area contributed by atoms with Crippen LogP contribution in [-0.2, 0) is 11.2 Å². The summed E-state index contributed by atoms with van der Waals surface area (Å²) in [5.74, 6) is 2.00. The summed E-state index contributed by atoms with van der Waals surface area (Å²) in [5, 5.41) is 1.86. The number of allylic oxidation sites excluding steroid dienone is 1. The summed E-state index contributed by atoms with van der Waals surface area (Å²) in [5.41, 5.74) is 1.82. The fourth-order valence-electron chi connectivity index (χ4n) is 3.00. The van der Waals surface area contributed by atoms with E-state index < -0.39 is 5.91 Å². The molecule has 0 aliphatic carbocycles. The highest BCUT2D eigenvalue weighted by molar-refractivity contribution is 8.18. The molecule has 1 saturated heterocycles. The Morgan fingerprint density at radius 2 is 1.69 bits per heavy atom. The van der Waals surface area contributed by atoms with E-state index in [9.17, 15) is 9.59 Å². The highest BCUT2D eigenvalue weighted by Crippen LogP contribution is 2.32. The number of imide groups is 1. The summed E-state index contributed by atoms with van der Waals surface area (Å²) in [6, 6.07) is 11.1. The first kappa shape index (κ1) is 23.3. The molecular formula is C24H25NO6S. The summed E-state index contributed by atoms with van der Waals surface area (Å²) in [6.45, 7) is 6.68. The first-order chi connectivity index (χ1) is 15.5. The Hall–Kier alpha value is -3.39. The molecule has 3 rings (SSSR count). The predicted molar refractivity (Wildman–Crippen MR) is 125 cm³/mol. The molecule has 2 amide bonds. The maximum Gasteiger partial charge on any atom is 0.290 e. The third-order valence-electron chi connectivity index (χ3n) is 4.41. The molecule has 7 nitrogen and oxygen atoms in total. The van der Waals surface area contributed by atoms with Crippen LogP contribution in [-0.4, -0.2) is 38.1 Å². The van der Waals surface area contributed by atoms with Crippen molar-refractivity contribution in [1.29, 1.82) is 0 Å². The summed E-state index contributed by atoms with van der Waals surface area (Å²) < 4.78 is 22.7. The van der Waals surface area contributed by atoms with E-state index >= 15 is 0 Å². The molecule has 1 N–H and O–H groups in total. The topological polar surface area (TPSA) is 83.1 Å². The number of hydrogen-bond donors (Lipinski definition) is 1. The van der Waals surface area contributed by atoms with E-state index in [-0.39, 0.29) is 5.24 Å². The van der Waals surface area contributed by atoms with Crippen LogP contribution < -0.4 is 24.3 Å². The van der Waals surface area contributed by atoms with Crippen molar-refractivity contribution in [3.05, 3.63) is 65.1 Å². The van der Waals surface area contributed by atoms with Crippen molar-refractivity contribution in [3.8, 4) is 23.0 Å². The molecule has 1 fully saturated rings. The lowest BCUT2D eigenvalue weighted by Gasteiger charge is -2.14. The molecule has 168 valence electrons. The highest BCUT2D eigenvalue weighted by Gasteiger charge is 2.25. The van der Waals surface area contributed by atoms with E-state index in [2.05, 4.69) is 11.9 Å². The van der Waals surface area contributed by atoms with E-state index in [1.165, 1.54) is 0 Å². The summed E-state index contributed by atoms with van der Waals surface area (Å²) in [7, 11) is 1.60. The first-order valence-electron chi connectivity index (χ1n) is 10.1. The molecule has 0 unspecified atom stereocenters. The number of amides is 2. The van der Waals surface area contributed by atoms with Gasteiger partial charge in [0.25, 0.3) is 11.1 Å². The van der Waals surface area contributed by atoms with Gasteiger partial charge in [-0.3, -0.25) is 14.9 Å². The molecule has 8 heteroatoms. The van der Waals surface area contributed by atoms with Gasteiger partial charge in [0.05, 0.1) is 18.6 Å². The van der Waals surface area contributed by atoms with E-state index in [0.29, 0.717) is 47.7 Å². The molecule has 0 saturated carbocycles. The van der Waals surface area contributed by atoms with Gasteiger partial charge in [0.15, 0.2) is 23.0 Å². The Morgan fingerprint density at radius 3 is 2.31 bits per heavy atom. The Bertz CT molecular complexity index is 1030. The highest BCUT2D eigenvalue weighted by atomic mass is 32.2. The van der Waals surface area contributed by atoms with Gasteiger partial charge in [-0.25, -0.2) is 0 Å². The predicted octanol–water partition coefficient (Wildman–Crippen LogP) is 4.60. The second-order valence-electron chi connectivity index (χ2n) is 6.67. The molecular weight excluding hydrogens is 430 g/mol. The molecule has 0 radical (unpaired) electrons. The van der Waals surface area contributed by atoms with Gasteiger partial charge in [0.1, 0.15) is 13.2 Å². The van der Waals surface area contributed by atoms with E-state index in [1.807, 2.05) is 31.2 Å². The Labute approximate surface area is 191 Å². The van der Waals surface area contributed by atoms with Crippen molar-refractivity contribution < 1.29 is 28.5 Å². The van der Waals surface area contributed by atoms with Crippen LogP contribution in [0.25, 0.3) is 6.08 Å². The number of nitrogens with one attached hydrogen (secondary N) is 1. The number of rotatable bonds is 11.